The van der Waals surface area contributed by atoms with Crippen LogP contribution in [0.5, 0.6) is 5.88 Å². The molecule has 0 aromatic carbocycles. The van der Waals surface area contributed by atoms with Crippen LogP contribution in [0.25, 0.3) is 0 Å². The molecule has 0 radical (unpaired) electrons. The molecule has 1 aliphatic rings. The van der Waals surface area contributed by atoms with Crippen LogP contribution in [-0.4, -0.2) is 41.3 Å². The van der Waals surface area contributed by atoms with Gasteiger partial charge in [-0.15, -0.1) is 0 Å². The molecule has 3 N–H and O–H groups in total. The number of amides is 2. The van der Waals surface area contributed by atoms with E-state index in [-0.39, 0.29) is 36.0 Å². The molecule has 2 heterocycles. The Bertz CT molecular complexity index is 885. The maximum absolute atomic E-state index is 14.0. The molecule has 1 aliphatic heterocycles. The molecule has 1 atom stereocenters. The number of hydrogen-bond donors (Lipinski definition) is 3. The molecule has 1 aromatic heterocycles. The van der Waals surface area contributed by atoms with Crippen LogP contribution in [0.2, 0.25) is 0 Å². The van der Waals surface area contributed by atoms with Crippen LogP contribution in [0, 0.1) is 12.7 Å². The number of alkyl halides is 3. The third-order valence-corrected chi connectivity index (χ3v) is 4.05. The molecule has 12 heteroatoms. The zero-order valence-corrected chi connectivity index (χ0v) is 16.5. The SMILES string of the molecule is CCC(=O)NC1=CN=CC(C)(C(=O)NCc2cc(F)c(OCC(F)(F)F)nc2C)N1. The van der Waals surface area contributed by atoms with Crippen LogP contribution in [0.3, 0.4) is 0 Å². The molecule has 0 saturated carbocycles. The van der Waals surface area contributed by atoms with E-state index in [0.29, 0.717) is 0 Å². The van der Waals surface area contributed by atoms with Crippen molar-refractivity contribution in [1.29, 1.82) is 0 Å². The summed E-state index contributed by atoms with van der Waals surface area (Å²) in [5.74, 6) is -2.39. The van der Waals surface area contributed by atoms with Gasteiger partial charge in [0, 0.05) is 24.9 Å². The van der Waals surface area contributed by atoms with Crippen molar-refractivity contribution >= 4 is 18.0 Å². The Morgan fingerprint density at radius 2 is 2.03 bits per heavy atom. The summed E-state index contributed by atoms with van der Waals surface area (Å²) in [5, 5.41) is 7.99. The van der Waals surface area contributed by atoms with Crippen LogP contribution < -0.4 is 20.7 Å². The molecular formula is C18H21F4N5O3. The lowest BCUT2D eigenvalue weighted by molar-refractivity contribution is -0.154. The first kappa shape index (κ1) is 23.1. The van der Waals surface area contributed by atoms with Crippen molar-refractivity contribution in [2.75, 3.05) is 6.61 Å². The fourth-order valence-electron chi connectivity index (χ4n) is 2.41. The number of nitrogens with one attached hydrogen (secondary N) is 3. The van der Waals surface area contributed by atoms with Gasteiger partial charge in [-0.25, -0.2) is 9.37 Å². The first-order valence-corrected chi connectivity index (χ1v) is 8.90. The number of nitrogens with zero attached hydrogens (tertiary/aromatic N) is 2. The topological polar surface area (TPSA) is 105 Å². The number of ether oxygens (including phenoxy) is 1. The van der Waals surface area contributed by atoms with E-state index in [1.807, 2.05) is 0 Å². The molecule has 2 amide bonds. The third-order valence-electron chi connectivity index (χ3n) is 4.05. The second kappa shape index (κ2) is 9.09. The van der Waals surface area contributed by atoms with Crippen LogP contribution in [-0.2, 0) is 16.1 Å². The van der Waals surface area contributed by atoms with Crippen molar-refractivity contribution in [1.82, 2.24) is 20.9 Å². The van der Waals surface area contributed by atoms with Crippen molar-refractivity contribution in [2.24, 2.45) is 4.99 Å². The average Bonchev–Trinajstić information content (AvgIpc) is 2.66. The van der Waals surface area contributed by atoms with Crippen molar-refractivity contribution in [3.05, 3.63) is 35.2 Å². The quantitative estimate of drug-likeness (QED) is 0.572. The highest BCUT2D eigenvalue weighted by atomic mass is 19.4. The second-order valence-electron chi connectivity index (χ2n) is 6.66. The number of rotatable bonds is 7. The van der Waals surface area contributed by atoms with Gasteiger partial charge in [-0.3, -0.25) is 14.6 Å². The van der Waals surface area contributed by atoms with Gasteiger partial charge in [-0.1, -0.05) is 6.92 Å². The summed E-state index contributed by atoms with van der Waals surface area (Å²) >= 11 is 0. The largest absolute Gasteiger partial charge is 0.466 e. The molecule has 8 nitrogen and oxygen atoms in total. The Morgan fingerprint density at radius 1 is 1.33 bits per heavy atom. The molecule has 0 aliphatic carbocycles. The monoisotopic (exact) mass is 431 g/mol. The minimum Gasteiger partial charge on any atom is -0.466 e. The molecule has 1 unspecified atom stereocenters. The summed E-state index contributed by atoms with van der Waals surface area (Å²) in [6.07, 6.45) is -1.69. The molecule has 30 heavy (non-hydrogen) atoms. The maximum Gasteiger partial charge on any atom is 0.422 e. The van der Waals surface area contributed by atoms with Crippen LogP contribution >= 0.6 is 0 Å². The molecule has 0 bridgehead atoms. The van der Waals surface area contributed by atoms with Gasteiger partial charge in [0.25, 0.3) is 11.8 Å². The Balaban J connectivity index is 2.02. The van der Waals surface area contributed by atoms with Crippen molar-refractivity contribution in [2.45, 2.75) is 45.5 Å². The van der Waals surface area contributed by atoms with E-state index in [9.17, 15) is 27.2 Å². The number of hydrogen-bond acceptors (Lipinski definition) is 6. The van der Waals surface area contributed by atoms with Gasteiger partial charge in [-0.2, -0.15) is 13.2 Å². The summed E-state index contributed by atoms with van der Waals surface area (Å²) in [6, 6.07) is 0.950. The van der Waals surface area contributed by atoms with Crippen LogP contribution in [0.1, 0.15) is 31.5 Å². The zero-order chi connectivity index (χ0) is 22.5. The minimum atomic E-state index is -4.62. The standard InChI is InChI=1S/C18H21F4N5O3/c1-4-14(28)26-13-7-23-8-17(3,27-13)16(29)24-6-11-5-12(19)15(25-10(11)2)30-9-18(20,21)22/h5,7-8,27H,4,6,9H2,1-3H3,(H,24,29)(H,26,28). The van der Waals surface area contributed by atoms with E-state index in [4.69, 9.17) is 0 Å². The summed E-state index contributed by atoms with van der Waals surface area (Å²) in [5.41, 5.74) is -0.840. The number of aromatic nitrogens is 1. The average molecular weight is 431 g/mol. The number of halogens is 4. The van der Waals surface area contributed by atoms with Gasteiger partial charge >= 0.3 is 6.18 Å². The fourth-order valence-corrected chi connectivity index (χ4v) is 2.41. The Kier molecular flexibility index (Phi) is 7.00. The number of pyridine rings is 1. The van der Waals surface area contributed by atoms with E-state index >= 15 is 0 Å². The van der Waals surface area contributed by atoms with Crippen molar-refractivity contribution < 1.29 is 31.9 Å². The number of carbonyl (C=O) groups excluding carboxylic acids is 2. The summed E-state index contributed by atoms with van der Waals surface area (Å²) < 4.78 is 55.1. The van der Waals surface area contributed by atoms with E-state index in [2.05, 4.69) is 30.7 Å². The van der Waals surface area contributed by atoms with Crippen molar-refractivity contribution in [3.63, 3.8) is 0 Å². The Labute approximate surface area is 169 Å². The van der Waals surface area contributed by atoms with Gasteiger partial charge in [-0.05, 0) is 25.5 Å². The Morgan fingerprint density at radius 3 is 2.67 bits per heavy atom. The van der Waals surface area contributed by atoms with E-state index in [0.717, 1.165) is 6.07 Å². The first-order chi connectivity index (χ1) is 13.9. The van der Waals surface area contributed by atoms with Gasteiger partial charge in [0.2, 0.25) is 5.91 Å². The highest BCUT2D eigenvalue weighted by Crippen LogP contribution is 2.22. The zero-order valence-electron chi connectivity index (χ0n) is 16.5. The summed E-state index contributed by atoms with van der Waals surface area (Å²) in [7, 11) is 0. The summed E-state index contributed by atoms with van der Waals surface area (Å²) in [6.45, 7) is 2.84. The predicted molar refractivity (Wildman–Crippen MR) is 98.9 cm³/mol. The second-order valence-corrected chi connectivity index (χ2v) is 6.66. The highest BCUT2D eigenvalue weighted by molar-refractivity contribution is 6.03. The molecule has 1 aromatic rings. The van der Waals surface area contributed by atoms with E-state index in [1.54, 1.807) is 6.92 Å². The smallest absolute Gasteiger partial charge is 0.422 e. The molecular weight excluding hydrogens is 410 g/mol. The molecule has 0 saturated heterocycles. The van der Waals surface area contributed by atoms with Gasteiger partial charge < -0.3 is 20.7 Å². The molecule has 2 rings (SSSR count). The van der Waals surface area contributed by atoms with E-state index in [1.165, 1.54) is 26.3 Å². The summed E-state index contributed by atoms with van der Waals surface area (Å²) in [4.78, 5) is 31.8. The lowest BCUT2D eigenvalue weighted by Crippen LogP contribution is -2.58. The molecule has 0 fully saturated rings. The normalized spacial score (nSPS) is 18.3. The maximum atomic E-state index is 14.0. The third kappa shape index (κ3) is 6.16. The fraction of sp³-hybridized carbons (Fsp3) is 0.444. The number of aryl methyl sites for hydroxylation is 1. The molecule has 0 spiro atoms. The molecule has 164 valence electrons. The lowest BCUT2D eigenvalue weighted by Gasteiger charge is -2.30. The lowest BCUT2D eigenvalue weighted by atomic mass is 10.0. The Hall–Kier alpha value is -3.18. The van der Waals surface area contributed by atoms with Crippen LogP contribution in [0.4, 0.5) is 17.6 Å². The van der Waals surface area contributed by atoms with Crippen LogP contribution in [0.15, 0.2) is 23.1 Å². The first-order valence-electron chi connectivity index (χ1n) is 8.90. The minimum absolute atomic E-state index is 0.139. The van der Waals surface area contributed by atoms with Gasteiger partial charge in [0.05, 0.1) is 6.20 Å². The number of carbonyl (C=O) groups is 2. The van der Waals surface area contributed by atoms with Gasteiger partial charge in [0.1, 0.15) is 5.82 Å². The number of aliphatic imine (C=N–C) groups is 1. The van der Waals surface area contributed by atoms with Gasteiger partial charge in [0.15, 0.2) is 18.0 Å². The van der Waals surface area contributed by atoms with Crippen molar-refractivity contribution in [3.8, 4) is 5.88 Å². The highest BCUT2D eigenvalue weighted by Gasteiger charge is 2.34. The predicted octanol–water partition coefficient (Wildman–Crippen LogP) is 1.84. The van der Waals surface area contributed by atoms with E-state index < -0.39 is 35.9 Å².